The van der Waals surface area contributed by atoms with Gasteiger partial charge >= 0.3 is 0 Å². The van der Waals surface area contributed by atoms with Crippen LogP contribution in [-0.4, -0.2) is 31.9 Å². The molecular weight excluding hydrogens is 312 g/mol. The average molecular weight is 327 g/mol. The molecule has 1 aliphatic rings. The summed E-state index contributed by atoms with van der Waals surface area (Å²) in [5.74, 6) is 0.754. The summed E-state index contributed by atoms with van der Waals surface area (Å²) in [4.78, 5) is 14.7. The standard InChI is InChI=1S/C17H15ClN4O/c18-13-7-2-1-6-12(13)17(23)21-11-5-8-14(21)16-20-19-15-9-3-4-10-22(15)16/h1-4,6-7,9-10,14H,5,8,11H2. The van der Waals surface area contributed by atoms with Gasteiger partial charge < -0.3 is 4.90 Å². The average Bonchev–Trinajstić information content (AvgIpc) is 3.21. The lowest BCUT2D eigenvalue weighted by atomic mass is 10.1. The molecule has 0 bridgehead atoms. The van der Waals surface area contributed by atoms with Gasteiger partial charge in [-0.05, 0) is 37.1 Å². The molecule has 0 radical (unpaired) electrons. The van der Waals surface area contributed by atoms with Crippen LogP contribution in [0.2, 0.25) is 5.02 Å². The minimum atomic E-state index is -0.0730. The zero-order valence-electron chi connectivity index (χ0n) is 12.4. The molecule has 0 saturated carbocycles. The molecule has 1 saturated heterocycles. The molecule has 0 aliphatic carbocycles. The molecule has 5 nitrogen and oxygen atoms in total. The van der Waals surface area contributed by atoms with Crippen LogP contribution in [-0.2, 0) is 0 Å². The van der Waals surface area contributed by atoms with E-state index in [9.17, 15) is 4.79 Å². The highest BCUT2D eigenvalue weighted by molar-refractivity contribution is 6.33. The van der Waals surface area contributed by atoms with Crippen LogP contribution in [0.4, 0.5) is 0 Å². The van der Waals surface area contributed by atoms with Crippen LogP contribution in [0.15, 0.2) is 48.7 Å². The van der Waals surface area contributed by atoms with E-state index in [-0.39, 0.29) is 11.9 Å². The molecule has 0 spiro atoms. The minimum absolute atomic E-state index is 0.0502. The third-order valence-electron chi connectivity index (χ3n) is 4.26. The Balaban J connectivity index is 1.72. The molecule has 116 valence electrons. The highest BCUT2D eigenvalue weighted by Gasteiger charge is 2.34. The van der Waals surface area contributed by atoms with Gasteiger partial charge in [-0.25, -0.2) is 0 Å². The van der Waals surface area contributed by atoms with Gasteiger partial charge in [0.2, 0.25) is 0 Å². The summed E-state index contributed by atoms with van der Waals surface area (Å²) in [5, 5.41) is 8.99. The highest BCUT2D eigenvalue weighted by atomic mass is 35.5. The fourth-order valence-electron chi connectivity index (χ4n) is 3.15. The Bertz CT molecular complexity index is 876. The number of carbonyl (C=O) groups is 1. The fraction of sp³-hybridized carbons (Fsp3) is 0.235. The SMILES string of the molecule is O=C(c1ccccc1Cl)N1CCCC1c1nnc2ccccn12. The first-order chi connectivity index (χ1) is 11.3. The predicted molar refractivity (Wildman–Crippen MR) is 87.5 cm³/mol. The number of likely N-dealkylation sites (tertiary alicyclic amines) is 1. The van der Waals surface area contributed by atoms with Gasteiger partial charge in [0, 0.05) is 12.7 Å². The first-order valence-corrected chi connectivity index (χ1v) is 7.98. The van der Waals surface area contributed by atoms with Gasteiger partial charge in [-0.1, -0.05) is 29.8 Å². The summed E-state index contributed by atoms with van der Waals surface area (Å²) in [6.45, 7) is 0.705. The molecule has 23 heavy (non-hydrogen) atoms. The summed E-state index contributed by atoms with van der Waals surface area (Å²) in [6.07, 6.45) is 3.76. The number of carbonyl (C=O) groups excluding carboxylic acids is 1. The maximum Gasteiger partial charge on any atom is 0.255 e. The monoisotopic (exact) mass is 326 g/mol. The first-order valence-electron chi connectivity index (χ1n) is 7.61. The van der Waals surface area contributed by atoms with Gasteiger partial charge in [0.15, 0.2) is 11.5 Å². The number of amides is 1. The molecule has 6 heteroatoms. The minimum Gasteiger partial charge on any atom is -0.328 e. The number of aromatic nitrogens is 3. The van der Waals surface area contributed by atoms with Crippen molar-refractivity contribution in [3.8, 4) is 0 Å². The Morgan fingerprint density at radius 3 is 2.83 bits per heavy atom. The molecule has 1 aliphatic heterocycles. The van der Waals surface area contributed by atoms with Crippen molar-refractivity contribution >= 4 is 23.2 Å². The van der Waals surface area contributed by atoms with Crippen molar-refractivity contribution in [3.05, 3.63) is 65.1 Å². The van der Waals surface area contributed by atoms with Crippen LogP contribution in [0, 0.1) is 0 Å². The van der Waals surface area contributed by atoms with E-state index in [4.69, 9.17) is 11.6 Å². The lowest BCUT2D eigenvalue weighted by Gasteiger charge is -2.24. The number of benzene rings is 1. The number of hydrogen-bond donors (Lipinski definition) is 0. The van der Waals surface area contributed by atoms with Crippen LogP contribution < -0.4 is 0 Å². The molecule has 4 rings (SSSR count). The number of pyridine rings is 1. The second kappa shape index (κ2) is 5.66. The topological polar surface area (TPSA) is 50.5 Å². The van der Waals surface area contributed by atoms with Crippen molar-refractivity contribution in [1.82, 2.24) is 19.5 Å². The Labute approximate surface area is 138 Å². The van der Waals surface area contributed by atoms with Crippen molar-refractivity contribution in [2.45, 2.75) is 18.9 Å². The van der Waals surface area contributed by atoms with Crippen LogP contribution in [0.5, 0.6) is 0 Å². The third-order valence-corrected chi connectivity index (χ3v) is 4.59. The van der Waals surface area contributed by atoms with Gasteiger partial charge in [-0.15, -0.1) is 10.2 Å². The number of fused-ring (bicyclic) bond motifs is 1. The van der Waals surface area contributed by atoms with E-state index in [1.54, 1.807) is 12.1 Å². The van der Waals surface area contributed by atoms with E-state index >= 15 is 0 Å². The van der Waals surface area contributed by atoms with E-state index in [1.807, 2.05) is 45.8 Å². The molecule has 1 unspecified atom stereocenters. The molecule has 1 aromatic carbocycles. The fourth-order valence-corrected chi connectivity index (χ4v) is 3.37. The number of halogens is 1. The second-order valence-electron chi connectivity index (χ2n) is 5.62. The molecule has 3 heterocycles. The lowest BCUT2D eigenvalue weighted by Crippen LogP contribution is -2.31. The van der Waals surface area contributed by atoms with Crippen molar-refractivity contribution in [3.63, 3.8) is 0 Å². The molecule has 3 aromatic rings. The Morgan fingerprint density at radius 1 is 1.13 bits per heavy atom. The Kier molecular flexibility index (Phi) is 3.50. The van der Waals surface area contributed by atoms with E-state index in [1.165, 1.54) is 0 Å². The molecule has 1 amide bonds. The van der Waals surface area contributed by atoms with Gasteiger partial charge in [0.1, 0.15) is 0 Å². The van der Waals surface area contributed by atoms with E-state index in [0.717, 1.165) is 24.3 Å². The number of nitrogens with zero attached hydrogens (tertiary/aromatic N) is 4. The predicted octanol–water partition coefficient (Wildman–Crippen LogP) is 3.36. The quantitative estimate of drug-likeness (QED) is 0.725. The highest BCUT2D eigenvalue weighted by Crippen LogP contribution is 2.33. The van der Waals surface area contributed by atoms with Crippen LogP contribution in [0.3, 0.4) is 0 Å². The van der Waals surface area contributed by atoms with Gasteiger partial charge in [0.05, 0.1) is 16.6 Å². The molecule has 1 fully saturated rings. The zero-order chi connectivity index (χ0) is 15.8. The molecule has 0 N–H and O–H groups in total. The molecular formula is C17H15ClN4O. The molecule has 1 atom stereocenters. The maximum absolute atomic E-state index is 12.9. The zero-order valence-corrected chi connectivity index (χ0v) is 13.1. The van der Waals surface area contributed by atoms with Crippen LogP contribution in [0.1, 0.15) is 35.1 Å². The van der Waals surface area contributed by atoms with E-state index in [2.05, 4.69) is 10.2 Å². The summed E-state index contributed by atoms with van der Waals surface area (Å²) in [7, 11) is 0. The van der Waals surface area contributed by atoms with Gasteiger partial charge in [0.25, 0.3) is 5.91 Å². The lowest BCUT2D eigenvalue weighted by molar-refractivity contribution is 0.0729. The van der Waals surface area contributed by atoms with Gasteiger partial charge in [-0.3, -0.25) is 9.20 Å². The van der Waals surface area contributed by atoms with Crippen molar-refractivity contribution in [2.75, 3.05) is 6.54 Å². The van der Waals surface area contributed by atoms with Crippen LogP contribution >= 0.6 is 11.6 Å². The summed E-state index contributed by atoms with van der Waals surface area (Å²) < 4.78 is 1.95. The van der Waals surface area contributed by atoms with E-state index in [0.29, 0.717) is 17.1 Å². The summed E-state index contributed by atoms with van der Waals surface area (Å²) in [5.41, 5.74) is 1.33. The van der Waals surface area contributed by atoms with E-state index < -0.39 is 0 Å². The smallest absolute Gasteiger partial charge is 0.255 e. The normalized spacial score (nSPS) is 17.8. The summed E-state index contributed by atoms with van der Waals surface area (Å²) >= 11 is 6.18. The Hall–Kier alpha value is -2.40. The van der Waals surface area contributed by atoms with Crippen LogP contribution in [0.25, 0.3) is 5.65 Å². The maximum atomic E-state index is 12.9. The van der Waals surface area contributed by atoms with Crippen molar-refractivity contribution in [1.29, 1.82) is 0 Å². The second-order valence-corrected chi connectivity index (χ2v) is 6.03. The molecule has 2 aromatic heterocycles. The summed E-state index contributed by atoms with van der Waals surface area (Å²) in [6, 6.07) is 12.9. The van der Waals surface area contributed by atoms with Crippen molar-refractivity contribution < 1.29 is 4.79 Å². The first kappa shape index (κ1) is 14.2. The van der Waals surface area contributed by atoms with Crippen molar-refractivity contribution in [2.24, 2.45) is 0 Å². The number of hydrogen-bond acceptors (Lipinski definition) is 3. The Morgan fingerprint density at radius 2 is 1.96 bits per heavy atom. The number of rotatable bonds is 2. The largest absolute Gasteiger partial charge is 0.328 e. The van der Waals surface area contributed by atoms with Gasteiger partial charge in [-0.2, -0.15) is 0 Å². The third kappa shape index (κ3) is 2.37.